The molecule has 1 atom stereocenters. The topological polar surface area (TPSA) is 73.5 Å². The molecule has 2 aromatic carbocycles. The summed E-state index contributed by atoms with van der Waals surface area (Å²) in [5, 5.41) is 7.25. The second kappa shape index (κ2) is 7.11. The van der Waals surface area contributed by atoms with E-state index in [1.807, 2.05) is 6.07 Å². The molecule has 9 heteroatoms. The Hall–Kier alpha value is -2.35. The molecule has 0 bridgehead atoms. The van der Waals surface area contributed by atoms with Crippen molar-refractivity contribution in [3.8, 4) is 0 Å². The third-order valence-corrected chi connectivity index (χ3v) is 4.51. The minimum atomic E-state index is -1.18. The van der Waals surface area contributed by atoms with Crippen LogP contribution in [0.3, 0.4) is 0 Å². The van der Waals surface area contributed by atoms with Crippen LogP contribution in [0.1, 0.15) is 12.5 Å². The molecule has 0 radical (unpaired) electrons. The Morgan fingerprint density at radius 3 is 2.35 bits per heavy atom. The lowest BCUT2D eigenvalue weighted by atomic mass is 9.92. The summed E-state index contributed by atoms with van der Waals surface area (Å²) in [7, 11) is 0. The van der Waals surface area contributed by atoms with E-state index in [-0.39, 0.29) is 5.11 Å². The molecule has 0 aromatic heterocycles. The Balaban J connectivity index is 1.74. The Bertz CT molecular complexity index is 873. The summed E-state index contributed by atoms with van der Waals surface area (Å²) in [6.07, 6.45) is 0. The number of halogens is 2. The van der Waals surface area contributed by atoms with Crippen molar-refractivity contribution in [1.29, 1.82) is 0 Å². The van der Waals surface area contributed by atoms with Gasteiger partial charge in [0.15, 0.2) is 5.11 Å². The van der Waals surface area contributed by atoms with Crippen molar-refractivity contribution < 1.29 is 9.59 Å². The van der Waals surface area contributed by atoms with Crippen LogP contribution in [-0.4, -0.2) is 22.1 Å². The third-order valence-electron chi connectivity index (χ3n) is 3.88. The predicted molar refractivity (Wildman–Crippen MR) is 105 cm³/mol. The molecule has 2 aromatic rings. The second-order valence-corrected chi connectivity index (χ2v) is 7.07. The Morgan fingerprint density at radius 2 is 1.73 bits per heavy atom. The molecule has 26 heavy (non-hydrogen) atoms. The van der Waals surface area contributed by atoms with Gasteiger partial charge in [-0.3, -0.25) is 10.2 Å². The minimum absolute atomic E-state index is 0.0455. The molecule has 0 aliphatic carbocycles. The molecule has 3 N–H and O–H groups in total. The van der Waals surface area contributed by atoms with E-state index in [0.717, 1.165) is 5.01 Å². The van der Waals surface area contributed by atoms with Crippen LogP contribution in [0.25, 0.3) is 0 Å². The number of anilines is 1. The number of thiocarbonyl (C=S) groups is 1. The maximum absolute atomic E-state index is 12.8. The molecule has 0 unspecified atom stereocenters. The Morgan fingerprint density at radius 1 is 1.12 bits per heavy atom. The van der Waals surface area contributed by atoms with E-state index in [1.165, 1.54) is 0 Å². The summed E-state index contributed by atoms with van der Waals surface area (Å²) >= 11 is 17.1. The fourth-order valence-corrected chi connectivity index (χ4v) is 3.33. The number of benzene rings is 2. The van der Waals surface area contributed by atoms with Gasteiger partial charge in [0.05, 0.1) is 0 Å². The summed E-state index contributed by atoms with van der Waals surface area (Å²) in [4.78, 5) is 25.1. The summed E-state index contributed by atoms with van der Waals surface area (Å²) in [5.74, 6) is -0.470. The van der Waals surface area contributed by atoms with Crippen LogP contribution >= 0.6 is 35.4 Å². The van der Waals surface area contributed by atoms with E-state index in [0.29, 0.717) is 21.3 Å². The van der Waals surface area contributed by atoms with Crippen molar-refractivity contribution in [2.75, 3.05) is 5.32 Å². The highest BCUT2D eigenvalue weighted by molar-refractivity contribution is 7.80. The molecule has 1 aliphatic heterocycles. The molecule has 0 spiro atoms. The molecular weight excluding hydrogens is 395 g/mol. The van der Waals surface area contributed by atoms with Crippen LogP contribution < -0.4 is 16.1 Å². The van der Waals surface area contributed by atoms with Crippen molar-refractivity contribution in [2.24, 2.45) is 0 Å². The predicted octanol–water partition coefficient (Wildman–Crippen LogP) is 3.66. The summed E-state index contributed by atoms with van der Waals surface area (Å²) in [6.45, 7) is 1.64. The van der Waals surface area contributed by atoms with E-state index < -0.39 is 17.5 Å². The van der Waals surface area contributed by atoms with Gasteiger partial charge in [0.25, 0.3) is 5.91 Å². The van der Waals surface area contributed by atoms with Crippen LogP contribution in [0, 0.1) is 0 Å². The zero-order chi connectivity index (χ0) is 18.9. The number of amides is 3. The number of nitrogens with zero attached hydrogens (tertiary/aromatic N) is 1. The standard InChI is InChI=1S/C17H14Cl2N4O2S/c1-17(10-5-3-2-4-6-10)14(24)23(16(25)21-17)22-15(26)20-13-8-11(18)7-12(19)9-13/h2-9H,1H3,(H,21,25)(H2,20,22,26)/t17-/m0/s1. The molecule has 3 amide bonds. The highest BCUT2D eigenvalue weighted by Crippen LogP contribution is 2.28. The zero-order valence-electron chi connectivity index (χ0n) is 13.5. The van der Waals surface area contributed by atoms with Crippen molar-refractivity contribution in [2.45, 2.75) is 12.5 Å². The van der Waals surface area contributed by atoms with Gasteiger partial charge in [-0.1, -0.05) is 53.5 Å². The molecule has 1 fully saturated rings. The van der Waals surface area contributed by atoms with Gasteiger partial charge in [-0.05, 0) is 42.9 Å². The number of hydrogen-bond acceptors (Lipinski definition) is 3. The van der Waals surface area contributed by atoms with Crippen LogP contribution in [0.15, 0.2) is 48.5 Å². The Kier molecular flexibility index (Phi) is 5.04. The SMILES string of the molecule is C[C@@]1(c2ccccc2)NC(=O)N(NC(=S)Nc2cc(Cl)cc(Cl)c2)C1=O. The molecule has 1 saturated heterocycles. The van der Waals surface area contributed by atoms with Crippen molar-refractivity contribution in [1.82, 2.24) is 15.8 Å². The number of rotatable bonds is 3. The first kappa shape index (κ1) is 18.4. The van der Waals surface area contributed by atoms with Crippen molar-refractivity contribution >= 4 is 58.2 Å². The summed E-state index contributed by atoms with van der Waals surface area (Å²) in [5.41, 5.74) is 2.61. The van der Waals surface area contributed by atoms with Crippen molar-refractivity contribution in [3.63, 3.8) is 0 Å². The molecule has 0 saturated carbocycles. The number of hydrazine groups is 1. The van der Waals surface area contributed by atoms with Crippen LogP contribution in [0.2, 0.25) is 10.0 Å². The van der Waals surface area contributed by atoms with Gasteiger partial charge in [0.1, 0.15) is 5.54 Å². The fourth-order valence-electron chi connectivity index (χ4n) is 2.59. The van der Waals surface area contributed by atoms with E-state index in [9.17, 15) is 9.59 Å². The lowest BCUT2D eigenvalue weighted by Crippen LogP contribution is -2.49. The maximum Gasteiger partial charge on any atom is 0.344 e. The average molecular weight is 409 g/mol. The second-order valence-electron chi connectivity index (χ2n) is 5.79. The van der Waals surface area contributed by atoms with Gasteiger partial charge in [0.2, 0.25) is 0 Å². The molecule has 1 aliphatic rings. The van der Waals surface area contributed by atoms with E-state index >= 15 is 0 Å². The van der Waals surface area contributed by atoms with Crippen LogP contribution in [0.4, 0.5) is 10.5 Å². The third kappa shape index (κ3) is 3.60. The first-order valence-electron chi connectivity index (χ1n) is 7.55. The van der Waals surface area contributed by atoms with E-state index in [2.05, 4.69) is 16.1 Å². The van der Waals surface area contributed by atoms with E-state index in [1.54, 1.807) is 49.4 Å². The maximum atomic E-state index is 12.8. The van der Waals surface area contributed by atoms with Crippen LogP contribution in [-0.2, 0) is 10.3 Å². The Labute approximate surface area is 165 Å². The normalized spacial score (nSPS) is 19.3. The van der Waals surface area contributed by atoms with Gasteiger partial charge in [-0.15, -0.1) is 0 Å². The minimum Gasteiger partial charge on any atom is -0.331 e. The largest absolute Gasteiger partial charge is 0.344 e. The molecule has 134 valence electrons. The average Bonchev–Trinajstić information content (AvgIpc) is 2.79. The molecular formula is C17H14Cl2N4O2S. The quantitative estimate of drug-likeness (QED) is 0.533. The lowest BCUT2D eigenvalue weighted by Gasteiger charge is -2.22. The smallest absolute Gasteiger partial charge is 0.331 e. The van der Waals surface area contributed by atoms with Gasteiger partial charge in [0, 0.05) is 15.7 Å². The number of urea groups is 1. The fraction of sp³-hybridized carbons (Fsp3) is 0.118. The summed E-state index contributed by atoms with van der Waals surface area (Å²) < 4.78 is 0. The van der Waals surface area contributed by atoms with Crippen LogP contribution in [0.5, 0.6) is 0 Å². The molecule has 3 rings (SSSR count). The van der Waals surface area contributed by atoms with Gasteiger partial charge in [-0.2, -0.15) is 5.01 Å². The number of carbonyl (C=O) groups excluding carboxylic acids is 2. The zero-order valence-corrected chi connectivity index (χ0v) is 15.9. The molecule has 6 nitrogen and oxygen atoms in total. The highest BCUT2D eigenvalue weighted by Gasteiger charge is 2.49. The van der Waals surface area contributed by atoms with E-state index in [4.69, 9.17) is 35.4 Å². The van der Waals surface area contributed by atoms with Gasteiger partial charge < -0.3 is 10.6 Å². The first-order chi connectivity index (χ1) is 12.3. The van der Waals surface area contributed by atoms with Gasteiger partial charge >= 0.3 is 6.03 Å². The highest BCUT2D eigenvalue weighted by atomic mass is 35.5. The monoisotopic (exact) mass is 408 g/mol. The number of carbonyl (C=O) groups is 2. The summed E-state index contributed by atoms with van der Waals surface area (Å²) in [6, 6.07) is 13.2. The number of imide groups is 1. The van der Waals surface area contributed by atoms with Gasteiger partial charge in [-0.25, -0.2) is 4.79 Å². The molecule has 1 heterocycles. The number of nitrogens with one attached hydrogen (secondary N) is 3. The first-order valence-corrected chi connectivity index (χ1v) is 8.72. The lowest BCUT2D eigenvalue weighted by molar-refractivity contribution is -0.132. The van der Waals surface area contributed by atoms with Crippen molar-refractivity contribution in [3.05, 3.63) is 64.1 Å². The number of hydrogen-bond donors (Lipinski definition) is 3.